The van der Waals surface area contributed by atoms with E-state index in [1.807, 2.05) is 30.3 Å². The van der Waals surface area contributed by atoms with Crippen molar-refractivity contribution < 1.29 is 23.5 Å². The van der Waals surface area contributed by atoms with Crippen molar-refractivity contribution in [1.29, 1.82) is 0 Å². The molecule has 0 saturated heterocycles. The molecule has 1 heterocycles. The van der Waals surface area contributed by atoms with Crippen LogP contribution in [-0.2, 0) is 20.7 Å². The molecule has 0 aliphatic rings. The number of methoxy groups -OCH3 is 1. The quantitative estimate of drug-likeness (QED) is 0.561. The Kier molecular flexibility index (Phi) is 6.54. The van der Waals surface area contributed by atoms with Crippen molar-refractivity contribution in [2.75, 3.05) is 19.0 Å². The van der Waals surface area contributed by atoms with Gasteiger partial charge in [-0.15, -0.1) is 0 Å². The molecule has 1 amide bonds. The average Bonchev–Trinajstić information content (AvgIpc) is 3.14. The summed E-state index contributed by atoms with van der Waals surface area (Å²) < 4.78 is 15.7. The van der Waals surface area contributed by atoms with Gasteiger partial charge >= 0.3 is 5.97 Å². The van der Waals surface area contributed by atoms with Gasteiger partial charge in [-0.05, 0) is 42.2 Å². The lowest BCUT2D eigenvalue weighted by molar-refractivity contribution is -0.146. The number of carbonyl (C=O) groups is 2. The minimum Gasteiger partial charge on any atom is -0.497 e. The van der Waals surface area contributed by atoms with Gasteiger partial charge in [-0.2, -0.15) is 0 Å². The van der Waals surface area contributed by atoms with Gasteiger partial charge in [-0.25, -0.2) is 0 Å². The second-order valence-electron chi connectivity index (χ2n) is 6.94. The predicted octanol–water partition coefficient (Wildman–Crippen LogP) is 4.68. The Balaban J connectivity index is 1.51. The number of nitrogens with one attached hydrogen (secondary N) is 1. The van der Waals surface area contributed by atoms with Gasteiger partial charge in [-0.1, -0.05) is 26.0 Å². The van der Waals surface area contributed by atoms with E-state index >= 15 is 0 Å². The fraction of sp³-hybridized carbons (Fsp3) is 0.304. The lowest BCUT2D eigenvalue weighted by Gasteiger charge is -2.10. The molecule has 0 bridgehead atoms. The third-order valence-electron chi connectivity index (χ3n) is 4.94. The molecular weight excluding hydrogens is 370 g/mol. The number of esters is 1. The van der Waals surface area contributed by atoms with Crippen molar-refractivity contribution in [1.82, 2.24) is 0 Å². The fourth-order valence-corrected chi connectivity index (χ4v) is 3.01. The minimum absolute atomic E-state index is 0.0240. The summed E-state index contributed by atoms with van der Waals surface area (Å²) in [4.78, 5) is 24.2. The zero-order valence-corrected chi connectivity index (χ0v) is 16.9. The van der Waals surface area contributed by atoms with E-state index in [2.05, 4.69) is 19.2 Å². The van der Waals surface area contributed by atoms with E-state index in [0.29, 0.717) is 28.5 Å². The number of fused-ring (bicyclic) bond motifs is 1. The Morgan fingerprint density at radius 3 is 2.59 bits per heavy atom. The third-order valence-corrected chi connectivity index (χ3v) is 4.94. The predicted molar refractivity (Wildman–Crippen MR) is 111 cm³/mol. The van der Waals surface area contributed by atoms with Crippen LogP contribution in [0.4, 0.5) is 5.69 Å². The van der Waals surface area contributed by atoms with Gasteiger partial charge < -0.3 is 19.2 Å². The summed E-state index contributed by atoms with van der Waals surface area (Å²) in [6.07, 6.45) is 2.60. The van der Waals surface area contributed by atoms with E-state index in [1.165, 1.54) is 11.8 Å². The van der Waals surface area contributed by atoms with Crippen LogP contribution in [0.5, 0.6) is 5.75 Å². The van der Waals surface area contributed by atoms with Gasteiger partial charge in [0.2, 0.25) is 0 Å². The standard InChI is InChI=1S/C23H25NO5/c1-4-15(2)16-5-7-18(8-6-16)24-22(25)14-29-23(26)11-17-13-28-21-12-19(27-3)9-10-20(17)21/h5-10,12-13,15H,4,11,14H2,1-3H3,(H,24,25)/t15-/m1/s1. The molecule has 0 unspecified atom stereocenters. The van der Waals surface area contributed by atoms with Gasteiger partial charge in [0.25, 0.3) is 5.91 Å². The number of benzene rings is 2. The maximum atomic E-state index is 12.1. The van der Waals surface area contributed by atoms with Crippen molar-refractivity contribution in [3.05, 3.63) is 59.9 Å². The van der Waals surface area contributed by atoms with Crippen LogP contribution in [-0.4, -0.2) is 25.6 Å². The topological polar surface area (TPSA) is 77.8 Å². The van der Waals surface area contributed by atoms with Crippen LogP contribution in [0.15, 0.2) is 53.1 Å². The Morgan fingerprint density at radius 1 is 1.14 bits per heavy atom. The van der Waals surface area contributed by atoms with Crippen LogP contribution >= 0.6 is 0 Å². The third kappa shape index (κ3) is 5.16. The number of amides is 1. The van der Waals surface area contributed by atoms with Crippen LogP contribution in [0, 0.1) is 0 Å². The summed E-state index contributed by atoms with van der Waals surface area (Å²) >= 11 is 0. The first-order valence-electron chi connectivity index (χ1n) is 9.59. The van der Waals surface area contributed by atoms with E-state index in [9.17, 15) is 9.59 Å². The minimum atomic E-state index is -0.495. The largest absolute Gasteiger partial charge is 0.497 e. The molecule has 3 aromatic rings. The van der Waals surface area contributed by atoms with Crippen molar-refractivity contribution >= 4 is 28.5 Å². The number of hydrogen-bond donors (Lipinski definition) is 1. The molecule has 1 N–H and O–H groups in total. The molecule has 6 nitrogen and oxygen atoms in total. The number of hydrogen-bond acceptors (Lipinski definition) is 5. The number of rotatable bonds is 8. The number of carbonyl (C=O) groups excluding carboxylic acids is 2. The van der Waals surface area contributed by atoms with E-state index in [-0.39, 0.29) is 18.9 Å². The van der Waals surface area contributed by atoms with Gasteiger partial charge in [0.15, 0.2) is 6.61 Å². The van der Waals surface area contributed by atoms with E-state index < -0.39 is 5.97 Å². The number of anilines is 1. The molecular formula is C23H25NO5. The Morgan fingerprint density at radius 2 is 1.90 bits per heavy atom. The first kappa shape index (κ1) is 20.5. The molecule has 0 saturated carbocycles. The molecule has 6 heteroatoms. The maximum absolute atomic E-state index is 12.1. The summed E-state index contributed by atoms with van der Waals surface area (Å²) in [6, 6.07) is 13.1. The zero-order valence-electron chi connectivity index (χ0n) is 16.9. The molecule has 2 aromatic carbocycles. The van der Waals surface area contributed by atoms with Crippen LogP contribution in [0.25, 0.3) is 11.0 Å². The summed E-state index contributed by atoms with van der Waals surface area (Å²) in [5.41, 5.74) is 3.23. The summed E-state index contributed by atoms with van der Waals surface area (Å²) in [6.45, 7) is 3.96. The lowest BCUT2D eigenvalue weighted by atomic mass is 9.99. The highest BCUT2D eigenvalue weighted by Crippen LogP contribution is 2.26. The number of ether oxygens (including phenoxy) is 2. The van der Waals surface area contributed by atoms with Crippen LogP contribution in [0.2, 0.25) is 0 Å². The highest BCUT2D eigenvalue weighted by molar-refractivity contribution is 5.93. The second kappa shape index (κ2) is 9.28. The summed E-state index contributed by atoms with van der Waals surface area (Å²) in [7, 11) is 1.58. The highest BCUT2D eigenvalue weighted by Gasteiger charge is 2.14. The second-order valence-corrected chi connectivity index (χ2v) is 6.94. The lowest BCUT2D eigenvalue weighted by Crippen LogP contribution is -2.21. The molecule has 29 heavy (non-hydrogen) atoms. The first-order valence-corrected chi connectivity index (χ1v) is 9.59. The molecule has 1 aromatic heterocycles. The molecule has 152 valence electrons. The van der Waals surface area contributed by atoms with Crippen molar-refractivity contribution in [2.45, 2.75) is 32.6 Å². The molecule has 0 radical (unpaired) electrons. The summed E-state index contributed by atoms with van der Waals surface area (Å²) in [5.74, 6) is 0.276. The van der Waals surface area contributed by atoms with Gasteiger partial charge in [0.1, 0.15) is 11.3 Å². The first-order chi connectivity index (χ1) is 14.0. The molecule has 0 spiro atoms. The monoisotopic (exact) mass is 395 g/mol. The average molecular weight is 395 g/mol. The van der Waals surface area contributed by atoms with Crippen molar-refractivity contribution in [2.24, 2.45) is 0 Å². The molecule has 0 fully saturated rings. The SMILES string of the molecule is CC[C@@H](C)c1ccc(NC(=O)COC(=O)Cc2coc3cc(OC)ccc23)cc1. The molecule has 1 atom stereocenters. The Hall–Kier alpha value is -3.28. The molecule has 3 rings (SSSR count). The van der Waals surface area contributed by atoms with Gasteiger partial charge in [-0.3, -0.25) is 9.59 Å². The van der Waals surface area contributed by atoms with E-state index in [4.69, 9.17) is 13.9 Å². The van der Waals surface area contributed by atoms with Crippen LogP contribution in [0.3, 0.4) is 0 Å². The van der Waals surface area contributed by atoms with Crippen molar-refractivity contribution in [3.63, 3.8) is 0 Å². The molecule has 0 aliphatic carbocycles. The van der Waals surface area contributed by atoms with Crippen molar-refractivity contribution in [3.8, 4) is 5.75 Å². The van der Waals surface area contributed by atoms with Crippen LogP contribution in [0.1, 0.15) is 37.3 Å². The smallest absolute Gasteiger partial charge is 0.310 e. The summed E-state index contributed by atoms with van der Waals surface area (Å²) in [5, 5.41) is 3.55. The zero-order chi connectivity index (χ0) is 20.8. The van der Waals surface area contributed by atoms with Crippen LogP contribution < -0.4 is 10.1 Å². The fourth-order valence-electron chi connectivity index (χ4n) is 3.01. The van der Waals surface area contributed by atoms with Gasteiger partial charge in [0.05, 0.1) is 19.8 Å². The van der Waals surface area contributed by atoms with E-state index in [1.54, 1.807) is 19.2 Å². The molecule has 0 aliphatic heterocycles. The normalized spacial score (nSPS) is 11.8. The van der Waals surface area contributed by atoms with Gasteiger partial charge in [0, 0.05) is 22.7 Å². The number of furan rings is 1. The Bertz CT molecular complexity index is 990. The Labute approximate surface area is 169 Å². The van der Waals surface area contributed by atoms with E-state index in [0.717, 1.165) is 11.8 Å². The maximum Gasteiger partial charge on any atom is 0.310 e. The highest BCUT2D eigenvalue weighted by atomic mass is 16.5.